The maximum Gasteiger partial charge on any atom is 0.175 e. The third-order valence-corrected chi connectivity index (χ3v) is 3.25. The van der Waals surface area contributed by atoms with Crippen LogP contribution >= 0.6 is 12.2 Å². The van der Waals surface area contributed by atoms with E-state index >= 15 is 0 Å². The molecule has 0 spiro atoms. The van der Waals surface area contributed by atoms with Gasteiger partial charge in [0.25, 0.3) is 0 Å². The lowest BCUT2D eigenvalue weighted by atomic mass is 10.2. The quantitative estimate of drug-likeness (QED) is 0.840. The first-order valence-electron chi connectivity index (χ1n) is 6.49. The van der Waals surface area contributed by atoms with Gasteiger partial charge in [0.2, 0.25) is 0 Å². The second kappa shape index (κ2) is 6.95. The van der Waals surface area contributed by atoms with Crippen LogP contribution in [0, 0.1) is 6.92 Å². The molecule has 0 aliphatic heterocycles. The predicted octanol–water partition coefficient (Wildman–Crippen LogP) is 3.82. The molecule has 5 heteroatoms. The van der Waals surface area contributed by atoms with E-state index in [1.807, 2.05) is 43.3 Å². The Labute approximate surface area is 130 Å². The molecule has 21 heavy (non-hydrogen) atoms. The number of benzene rings is 2. The molecular formula is C16H18N2O2S. The summed E-state index contributed by atoms with van der Waals surface area (Å²) < 4.78 is 10.5. The number of thiocarbonyl (C=S) groups is 1. The smallest absolute Gasteiger partial charge is 0.175 e. The maximum absolute atomic E-state index is 5.34. The van der Waals surface area contributed by atoms with Crippen molar-refractivity contribution >= 4 is 28.7 Å². The Morgan fingerprint density at radius 1 is 0.952 bits per heavy atom. The standard InChI is InChI=1S/C16H18N2O2S/c1-11-6-4-5-7-13(11)17-16(21)18-14-9-8-12(19-2)10-15(14)20-3/h4-10H,1-3H3,(H2,17,18,21). The highest BCUT2D eigenvalue weighted by molar-refractivity contribution is 7.80. The Balaban J connectivity index is 2.11. The van der Waals surface area contributed by atoms with Crippen molar-refractivity contribution in [2.24, 2.45) is 0 Å². The normalized spacial score (nSPS) is 9.86. The zero-order chi connectivity index (χ0) is 15.2. The summed E-state index contributed by atoms with van der Waals surface area (Å²) in [5.41, 5.74) is 2.88. The van der Waals surface area contributed by atoms with E-state index in [4.69, 9.17) is 21.7 Å². The lowest BCUT2D eigenvalue weighted by Gasteiger charge is -2.15. The molecule has 0 saturated heterocycles. The molecular weight excluding hydrogens is 284 g/mol. The first kappa shape index (κ1) is 15.1. The second-order valence-corrected chi connectivity index (χ2v) is 4.87. The molecule has 0 radical (unpaired) electrons. The Morgan fingerprint density at radius 2 is 1.67 bits per heavy atom. The summed E-state index contributed by atoms with van der Waals surface area (Å²) in [7, 11) is 3.23. The van der Waals surface area contributed by atoms with Crippen LogP contribution in [0.5, 0.6) is 11.5 Å². The van der Waals surface area contributed by atoms with Crippen molar-refractivity contribution in [2.45, 2.75) is 6.92 Å². The highest BCUT2D eigenvalue weighted by atomic mass is 32.1. The highest BCUT2D eigenvalue weighted by Gasteiger charge is 2.07. The van der Waals surface area contributed by atoms with Gasteiger partial charge in [0, 0.05) is 11.8 Å². The third kappa shape index (κ3) is 3.86. The van der Waals surface area contributed by atoms with E-state index in [1.165, 1.54) is 0 Å². The van der Waals surface area contributed by atoms with Gasteiger partial charge < -0.3 is 20.1 Å². The van der Waals surface area contributed by atoms with Crippen LogP contribution in [-0.4, -0.2) is 19.3 Å². The molecule has 0 atom stereocenters. The molecule has 0 aliphatic carbocycles. The average molecular weight is 302 g/mol. The molecule has 0 bridgehead atoms. The van der Waals surface area contributed by atoms with Gasteiger partial charge in [0.1, 0.15) is 11.5 Å². The molecule has 2 rings (SSSR count). The van der Waals surface area contributed by atoms with Crippen LogP contribution in [0.2, 0.25) is 0 Å². The topological polar surface area (TPSA) is 42.5 Å². The van der Waals surface area contributed by atoms with E-state index in [1.54, 1.807) is 20.3 Å². The monoisotopic (exact) mass is 302 g/mol. The predicted molar refractivity (Wildman–Crippen MR) is 90.6 cm³/mol. The fourth-order valence-corrected chi connectivity index (χ4v) is 2.11. The lowest BCUT2D eigenvalue weighted by Crippen LogP contribution is -2.20. The van der Waals surface area contributed by atoms with Gasteiger partial charge in [0.05, 0.1) is 19.9 Å². The maximum atomic E-state index is 5.34. The van der Waals surface area contributed by atoms with Gasteiger partial charge in [-0.3, -0.25) is 0 Å². The van der Waals surface area contributed by atoms with Crippen molar-refractivity contribution in [1.82, 2.24) is 0 Å². The zero-order valence-electron chi connectivity index (χ0n) is 12.3. The van der Waals surface area contributed by atoms with Crippen LogP contribution in [0.3, 0.4) is 0 Å². The summed E-state index contributed by atoms with van der Waals surface area (Å²) in [5, 5.41) is 6.81. The first-order chi connectivity index (χ1) is 10.1. The number of hydrogen-bond acceptors (Lipinski definition) is 3. The molecule has 0 aromatic heterocycles. The molecule has 110 valence electrons. The number of nitrogens with one attached hydrogen (secondary N) is 2. The molecule has 0 aliphatic rings. The molecule has 0 fully saturated rings. The van der Waals surface area contributed by atoms with Crippen molar-refractivity contribution in [1.29, 1.82) is 0 Å². The summed E-state index contributed by atoms with van der Waals surface area (Å²) >= 11 is 5.34. The molecule has 0 amide bonds. The van der Waals surface area contributed by atoms with Crippen molar-refractivity contribution in [2.75, 3.05) is 24.9 Å². The number of rotatable bonds is 4. The minimum atomic E-state index is 0.507. The van der Waals surface area contributed by atoms with Gasteiger partial charge in [-0.2, -0.15) is 0 Å². The Morgan fingerprint density at radius 3 is 2.33 bits per heavy atom. The molecule has 2 N–H and O–H groups in total. The molecule has 0 saturated carbocycles. The Kier molecular flexibility index (Phi) is 5.00. The molecule has 2 aromatic carbocycles. The van der Waals surface area contributed by atoms with Crippen LogP contribution in [0.15, 0.2) is 42.5 Å². The number of anilines is 2. The van der Waals surface area contributed by atoms with Gasteiger partial charge in [-0.15, -0.1) is 0 Å². The van der Waals surface area contributed by atoms with E-state index in [2.05, 4.69) is 10.6 Å². The van der Waals surface area contributed by atoms with Crippen molar-refractivity contribution in [3.05, 3.63) is 48.0 Å². The number of methoxy groups -OCH3 is 2. The summed E-state index contributed by atoms with van der Waals surface area (Å²) in [6.45, 7) is 2.03. The van der Waals surface area contributed by atoms with Crippen LogP contribution < -0.4 is 20.1 Å². The van der Waals surface area contributed by atoms with Gasteiger partial charge in [0.15, 0.2) is 5.11 Å². The Bertz CT molecular complexity index is 644. The van der Waals surface area contributed by atoms with E-state index in [-0.39, 0.29) is 0 Å². The summed E-state index contributed by atoms with van der Waals surface area (Å²) in [6, 6.07) is 13.5. The lowest BCUT2D eigenvalue weighted by molar-refractivity contribution is 0.395. The molecule has 4 nitrogen and oxygen atoms in total. The van der Waals surface area contributed by atoms with Crippen molar-refractivity contribution in [3.8, 4) is 11.5 Å². The number of hydrogen-bond donors (Lipinski definition) is 2. The van der Waals surface area contributed by atoms with Gasteiger partial charge >= 0.3 is 0 Å². The van der Waals surface area contributed by atoms with E-state index in [0.29, 0.717) is 10.9 Å². The SMILES string of the molecule is COc1ccc(NC(=S)Nc2ccccc2C)c(OC)c1. The number of aryl methyl sites for hydroxylation is 1. The van der Waals surface area contributed by atoms with Crippen molar-refractivity contribution < 1.29 is 9.47 Å². The molecule has 2 aromatic rings. The zero-order valence-corrected chi connectivity index (χ0v) is 13.1. The minimum Gasteiger partial charge on any atom is -0.497 e. The third-order valence-electron chi connectivity index (χ3n) is 3.05. The van der Waals surface area contributed by atoms with Crippen LogP contribution in [0.25, 0.3) is 0 Å². The minimum absolute atomic E-state index is 0.507. The fraction of sp³-hybridized carbons (Fsp3) is 0.188. The number of ether oxygens (including phenoxy) is 2. The summed E-state index contributed by atoms with van der Waals surface area (Å²) in [4.78, 5) is 0. The second-order valence-electron chi connectivity index (χ2n) is 4.46. The van der Waals surface area contributed by atoms with Crippen LogP contribution in [-0.2, 0) is 0 Å². The van der Waals surface area contributed by atoms with Crippen LogP contribution in [0.4, 0.5) is 11.4 Å². The van der Waals surface area contributed by atoms with Gasteiger partial charge in [-0.05, 0) is 42.9 Å². The van der Waals surface area contributed by atoms with Crippen LogP contribution in [0.1, 0.15) is 5.56 Å². The summed E-state index contributed by atoms with van der Waals surface area (Å²) in [6.07, 6.45) is 0. The fourth-order valence-electron chi connectivity index (χ4n) is 1.89. The van der Waals surface area contributed by atoms with E-state index < -0.39 is 0 Å². The van der Waals surface area contributed by atoms with Gasteiger partial charge in [-0.1, -0.05) is 18.2 Å². The van der Waals surface area contributed by atoms with Gasteiger partial charge in [-0.25, -0.2) is 0 Å². The van der Waals surface area contributed by atoms with Crippen molar-refractivity contribution in [3.63, 3.8) is 0 Å². The largest absolute Gasteiger partial charge is 0.497 e. The number of para-hydroxylation sites is 1. The highest BCUT2D eigenvalue weighted by Crippen LogP contribution is 2.29. The first-order valence-corrected chi connectivity index (χ1v) is 6.90. The average Bonchev–Trinajstić information content (AvgIpc) is 2.50. The molecule has 0 unspecified atom stereocenters. The Hall–Kier alpha value is -2.27. The molecule has 0 heterocycles. The van der Waals surface area contributed by atoms with E-state index in [9.17, 15) is 0 Å². The summed E-state index contributed by atoms with van der Waals surface area (Å²) in [5.74, 6) is 1.40. The van der Waals surface area contributed by atoms with E-state index in [0.717, 1.165) is 22.7 Å².